The Morgan fingerprint density at radius 3 is 2.52 bits per heavy atom. The van der Waals surface area contributed by atoms with Crippen LogP contribution in [0.15, 0.2) is 24.3 Å². The van der Waals surface area contributed by atoms with E-state index in [9.17, 15) is 14.9 Å². The molecule has 1 atom stereocenters. The normalized spacial score (nSPS) is 13.3. The Labute approximate surface area is 123 Å². The van der Waals surface area contributed by atoms with Gasteiger partial charge in [-0.2, -0.15) is 0 Å². The monoisotopic (exact) mass is 296 g/mol. The van der Waals surface area contributed by atoms with Gasteiger partial charge in [0.1, 0.15) is 5.75 Å². The number of rotatable bonds is 8. The lowest BCUT2D eigenvalue weighted by Crippen LogP contribution is -2.47. The van der Waals surface area contributed by atoms with Crippen molar-refractivity contribution in [2.45, 2.75) is 32.2 Å². The number of amides is 1. The third kappa shape index (κ3) is 5.39. The fourth-order valence-electron chi connectivity index (χ4n) is 1.76. The molecule has 1 aromatic carbocycles. The summed E-state index contributed by atoms with van der Waals surface area (Å²) in [6.07, 6.45) is 1.16. The molecule has 1 rings (SSSR count). The van der Waals surface area contributed by atoms with Crippen molar-refractivity contribution >= 4 is 11.6 Å². The summed E-state index contributed by atoms with van der Waals surface area (Å²) in [6, 6.07) is 5.51. The van der Waals surface area contributed by atoms with Crippen molar-refractivity contribution in [2.75, 3.05) is 13.2 Å². The Hall–Kier alpha value is -2.15. The van der Waals surface area contributed by atoms with Crippen molar-refractivity contribution in [3.8, 4) is 5.75 Å². The smallest absolute Gasteiger partial charge is 0.269 e. The largest absolute Gasteiger partial charge is 0.484 e. The Balaban J connectivity index is 2.51. The summed E-state index contributed by atoms with van der Waals surface area (Å²) >= 11 is 0. The van der Waals surface area contributed by atoms with Gasteiger partial charge in [-0.05, 0) is 31.9 Å². The van der Waals surface area contributed by atoms with Crippen LogP contribution < -0.4 is 10.1 Å². The number of benzene rings is 1. The molecule has 0 aromatic heterocycles. The van der Waals surface area contributed by atoms with E-state index in [1.54, 1.807) is 0 Å². The highest BCUT2D eigenvalue weighted by Gasteiger charge is 2.23. The topological polar surface area (TPSA) is 102 Å². The van der Waals surface area contributed by atoms with Crippen LogP contribution in [-0.2, 0) is 4.79 Å². The number of aliphatic hydroxyl groups is 1. The summed E-state index contributed by atoms with van der Waals surface area (Å²) in [5.74, 6) is 0.0854. The summed E-state index contributed by atoms with van der Waals surface area (Å²) in [6.45, 7) is 3.59. The van der Waals surface area contributed by atoms with E-state index in [0.717, 1.165) is 0 Å². The molecule has 0 saturated carbocycles. The average molecular weight is 296 g/mol. The molecule has 7 nitrogen and oxygen atoms in total. The number of nitrogens with one attached hydrogen (secondary N) is 1. The molecule has 0 aliphatic rings. The second-order valence-corrected chi connectivity index (χ2v) is 4.98. The molecule has 7 heteroatoms. The first-order valence-corrected chi connectivity index (χ1v) is 6.69. The molecule has 0 bridgehead atoms. The lowest BCUT2D eigenvalue weighted by molar-refractivity contribution is -0.384. The van der Waals surface area contributed by atoms with Crippen LogP contribution in [0.4, 0.5) is 5.69 Å². The van der Waals surface area contributed by atoms with E-state index in [1.165, 1.54) is 24.3 Å². The Morgan fingerprint density at radius 2 is 2.05 bits per heavy atom. The quantitative estimate of drug-likeness (QED) is 0.561. The molecule has 21 heavy (non-hydrogen) atoms. The van der Waals surface area contributed by atoms with Crippen LogP contribution >= 0.6 is 0 Å². The summed E-state index contributed by atoms with van der Waals surface area (Å²) < 4.78 is 5.27. The third-order valence-corrected chi connectivity index (χ3v) is 3.30. The van der Waals surface area contributed by atoms with Gasteiger partial charge in [0.25, 0.3) is 11.6 Å². The number of hydrogen-bond acceptors (Lipinski definition) is 5. The molecular formula is C14H20N2O5. The highest BCUT2D eigenvalue weighted by atomic mass is 16.6. The maximum absolute atomic E-state index is 11.8. The van der Waals surface area contributed by atoms with Gasteiger partial charge in [-0.1, -0.05) is 6.92 Å². The van der Waals surface area contributed by atoms with Crippen LogP contribution in [0.1, 0.15) is 26.7 Å². The SMILES string of the molecule is CCC(C)(CCO)NC(=O)COc1ccc([N+](=O)[O-])cc1. The van der Waals surface area contributed by atoms with Gasteiger partial charge in [0.05, 0.1) is 4.92 Å². The van der Waals surface area contributed by atoms with Crippen LogP contribution in [-0.4, -0.2) is 34.7 Å². The van der Waals surface area contributed by atoms with Crippen molar-refractivity contribution in [3.05, 3.63) is 34.4 Å². The van der Waals surface area contributed by atoms with Crippen LogP contribution in [0.3, 0.4) is 0 Å². The summed E-state index contributed by atoms with van der Waals surface area (Å²) in [5.41, 5.74) is -0.502. The van der Waals surface area contributed by atoms with Gasteiger partial charge in [0.2, 0.25) is 0 Å². The van der Waals surface area contributed by atoms with E-state index >= 15 is 0 Å². The lowest BCUT2D eigenvalue weighted by atomic mass is 9.95. The number of ether oxygens (including phenoxy) is 1. The zero-order valence-electron chi connectivity index (χ0n) is 12.2. The van der Waals surface area contributed by atoms with E-state index < -0.39 is 10.5 Å². The average Bonchev–Trinajstić information content (AvgIpc) is 2.45. The van der Waals surface area contributed by atoms with E-state index in [-0.39, 0.29) is 24.8 Å². The zero-order valence-corrected chi connectivity index (χ0v) is 12.2. The van der Waals surface area contributed by atoms with Crippen molar-refractivity contribution in [3.63, 3.8) is 0 Å². The minimum absolute atomic E-state index is 0.00612. The summed E-state index contributed by atoms with van der Waals surface area (Å²) in [4.78, 5) is 21.8. The van der Waals surface area contributed by atoms with Crippen LogP contribution in [0.5, 0.6) is 5.75 Å². The van der Waals surface area contributed by atoms with Crippen molar-refractivity contribution in [1.29, 1.82) is 0 Å². The molecule has 1 unspecified atom stereocenters. The second-order valence-electron chi connectivity index (χ2n) is 4.98. The number of carbonyl (C=O) groups is 1. The van der Waals surface area contributed by atoms with Crippen LogP contribution in [0, 0.1) is 10.1 Å². The fourth-order valence-corrected chi connectivity index (χ4v) is 1.76. The molecule has 2 N–H and O–H groups in total. The predicted octanol–water partition coefficient (Wildman–Crippen LogP) is 1.64. The number of hydrogen-bond donors (Lipinski definition) is 2. The number of carbonyl (C=O) groups excluding carboxylic acids is 1. The minimum atomic E-state index is -0.502. The molecule has 0 aliphatic carbocycles. The van der Waals surface area contributed by atoms with Gasteiger partial charge in [-0.15, -0.1) is 0 Å². The van der Waals surface area contributed by atoms with Gasteiger partial charge < -0.3 is 15.2 Å². The van der Waals surface area contributed by atoms with Gasteiger partial charge >= 0.3 is 0 Å². The molecule has 1 aromatic rings. The first kappa shape index (κ1) is 16.9. The Bertz CT molecular complexity index is 489. The maximum Gasteiger partial charge on any atom is 0.269 e. The van der Waals surface area contributed by atoms with Crippen molar-refractivity contribution in [1.82, 2.24) is 5.32 Å². The molecule has 1 amide bonds. The van der Waals surface area contributed by atoms with Gasteiger partial charge in [-0.25, -0.2) is 0 Å². The molecule has 0 radical (unpaired) electrons. The Kier molecular flexibility index (Phi) is 6.10. The zero-order chi connectivity index (χ0) is 15.9. The van der Waals surface area contributed by atoms with Crippen LogP contribution in [0.2, 0.25) is 0 Å². The highest BCUT2D eigenvalue weighted by molar-refractivity contribution is 5.78. The van der Waals surface area contributed by atoms with E-state index in [4.69, 9.17) is 9.84 Å². The number of nitro benzene ring substituents is 1. The van der Waals surface area contributed by atoms with Crippen LogP contribution in [0.25, 0.3) is 0 Å². The number of nitro groups is 1. The van der Waals surface area contributed by atoms with E-state index in [0.29, 0.717) is 18.6 Å². The van der Waals surface area contributed by atoms with Gasteiger partial charge in [0, 0.05) is 24.3 Å². The molecule has 116 valence electrons. The fraction of sp³-hybridized carbons (Fsp3) is 0.500. The first-order valence-electron chi connectivity index (χ1n) is 6.69. The predicted molar refractivity (Wildman–Crippen MR) is 77.1 cm³/mol. The Morgan fingerprint density at radius 1 is 1.43 bits per heavy atom. The molecule has 0 spiro atoms. The molecule has 0 fully saturated rings. The van der Waals surface area contributed by atoms with E-state index in [2.05, 4.69) is 5.32 Å². The van der Waals surface area contributed by atoms with Gasteiger partial charge in [0.15, 0.2) is 6.61 Å². The maximum atomic E-state index is 11.8. The third-order valence-electron chi connectivity index (χ3n) is 3.30. The molecule has 0 saturated heterocycles. The summed E-state index contributed by atoms with van der Waals surface area (Å²) in [5, 5.41) is 22.3. The summed E-state index contributed by atoms with van der Waals surface area (Å²) in [7, 11) is 0. The van der Waals surface area contributed by atoms with Gasteiger partial charge in [-0.3, -0.25) is 14.9 Å². The van der Waals surface area contributed by atoms with E-state index in [1.807, 2.05) is 13.8 Å². The second kappa shape index (κ2) is 7.58. The minimum Gasteiger partial charge on any atom is -0.484 e. The van der Waals surface area contributed by atoms with Crippen molar-refractivity contribution < 1.29 is 19.6 Å². The standard InChI is InChI=1S/C14H20N2O5/c1-3-14(2,8-9-17)15-13(18)10-21-12-6-4-11(5-7-12)16(19)20/h4-7,17H,3,8-10H2,1-2H3,(H,15,18). The van der Waals surface area contributed by atoms with Crippen molar-refractivity contribution in [2.24, 2.45) is 0 Å². The number of aliphatic hydroxyl groups excluding tert-OH is 1. The lowest BCUT2D eigenvalue weighted by Gasteiger charge is -2.28. The molecule has 0 heterocycles. The molecule has 0 aliphatic heterocycles. The first-order chi connectivity index (χ1) is 9.90. The number of non-ortho nitro benzene ring substituents is 1. The number of nitrogens with zero attached hydrogens (tertiary/aromatic N) is 1. The highest BCUT2D eigenvalue weighted by Crippen LogP contribution is 2.17. The molecular weight excluding hydrogens is 276 g/mol.